The van der Waals surface area contributed by atoms with Gasteiger partial charge in [0.15, 0.2) is 0 Å². The van der Waals surface area contributed by atoms with E-state index in [2.05, 4.69) is 20.4 Å². The number of sulfonamides is 1. The quantitative estimate of drug-likeness (QED) is 0.555. The average molecular weight is 499 g/mol. The number of piperidine rings is 1. The van der Waals surface area contributed by atoms with Gasteiger partial charge in [0.05, 0.1) is 17.7 Å². The van der Waals surface area contributed by atoms with Crippen molar-refractivity contribution in [1.82, 2.24) is 24.1 Å². The second kappa shape index (κ2) is 9.74. The van der Waals surface area contributed by atoms with Gasteiger partial charge in [0, 0.05) is 42.9 Å². The number of amides is 1. The molecule has 11 heteroatoms. The van der Waals surface area contributed by atoms with Crippen LogP contribution in [-0.2, 0) is 20.2 Å². The van der Waals surface area contributed by atoms with E-state index in [4.69, 9.17) is 4.74 Å². The summed E-state index contributed by atoms with van der Waals surface area (Å²) in [4.78, 5) is 21.9. The molecule has 3 aromatic rings. The Hall–Kier alpha value is -3.31. The first-order valence-corrected chi connectivity index (χ1v) is 12.9. The van der Waals surface area contributed by atoms with Gasteiger partial charge < -0.3 is 10.1 Å². The average Bonchev–Trinajstić information content (AvgIpc) is 3.29. The van der Waals surface area contributed by atoms with Crippen LogP contribution in [0.5, 0.6) is 5.75 Å². The van der Waals surface area contributed by atoms with Crippen molar-refractivity contribution in [1.29, 1.82) is 0 Å². The lowest BCUT2D eigenvalue weighted by molar-refractivity contribution is -0.120. The Bertz CT molecular complexity index is 1280. The van der Waals surface area contributed by atoms with Crippen molar-refractivity contribution in [2.24, 2.45) is 5.92 Å². The normalized spacial score (nSPS) is 15.7. The molecule has 1 N–H and O–H groups in total. The van der Waals surface area contributed by atoms with Crippen molar-refractivity contribution >= 4 is 21.7 Å². The summed E-state index contributed by atoms with van der Waals surface area (Å²) in [7, 11) is -2.10. The molecule has 2 aromatic heterocycles. The number of nitrogens with zero attached hydrogens (tertiary/aromatic N) is 5. The van der Waals surface area contributed by atoms with E-state index < -0.39 is 10.0 Å². The Balaban J connectivity index is 1.46. The molecule has 0 atom stereocenters. The van der Waals surface area contributed by atoms with Crippen LogP contribution in [0.3, 0.4) is 0 Å². The van der Waals surface area contributed by atoms with E-state index in [1.54, 1.807) is 30.6 Å². The number of benzene rings is 1. The molecule has 0 bridgehead atoms. The summed E-state index contributed by atoms with van der Waals surface area (Å²) in [6.45, 7) is 6.64. The molecule has 186 valence electrons. The van der Waals surface area contributed by atoms with Gasteiger partial charge in [-0.25, -0.2) is 18.4 Å². The molecule has 0 aliphatic carbocycles. The lowest BCUT2D eigenvalue weighted by Crippen LogP contribution is -2.41. The summed E-state index contributed by atoms with van der Waals surface area (Å²) in [5.74, 6) is 0.937. The minimum atomic E-state index is -3.64. The molecule has 4 rings (SSSR count). The van der Waals surface area contributed by atoms with E-state index in [1.165, 1.54) is 28.2 Å². The number of methoxy groups -OCH3 is 1. The molecule has 1 fully saturated rings. The summed E-state index contributed by atoms with van der Waals surface area (Å²) in [5, 5.41) is 7.59. The fourth-order valence-corrected chi connectivity index (χ4v) is 5.34. The van der Waals surface area contributed by atoms with Gasteiger partial charge in [-0.1, -0.05) is 20.8 Å². The zero-order valence-electron chi connectivity index (χ0n) is 20.3. The smallest absolute Gasteiger partial charge is 0.252 e. The Morgan fingerprint density at radius 1 is 1.09 bits per heavy atom. The van der Waals surface area contributed by atoms with Crippen molar-refractivity contribution in [3.63, 3.8) is 0 Å². The third-order valence-corrected chi connectivity index (χ3v) is 7.91. The maximum absolute atomic E-state index is 13.1. The Labute approximate surface area is 205 Å². The molecular weight excluding hydrogens is 468 g/mol. The number of hydrogen-bond donors (Lipinski definition) is 1. The zero-order chi connectivity index (χ0) is 25.2. The second-order valence-electron chi connectivity index (χ2n) is 9.47. The van der Waals surface area contributed by atoms with Crippen molar-refractivity contribution in [2.75, 3.05) is 25.5 Å². The van der Waals surface area contributed by atoms with Crippen LogP contribution in [0.15, 0.2) is 53.7 Å². The van der Waals surface area contributed by atoms with Gasteiger partial charge in [0.25, 0.3) is 5.95 Å². The van der Waals surface area contributed by atoms with Crippen LogP contribution in [-0.4, -0.2) is 58.6 Å². The van der Waals surface area contributed by atoms with Gasteiger partial charge in [-0.15, -0.1) is 0 Å². The molecule has 1 amide bonds. The summed E-state index contributed by atoms with van der Waals surface area (Å²) in [6, 6.07) is 9.86. The van der Waals surface area contributed by atoms with E-state index in [-0.39, 0.29) is 35.2 Å². The van der Waals surface area contributed by atoms with Gasteiger partial charge in [-0.05, 0) is 43.2 Å². The van der Waals surface area contributed by atoms with Crippen LogP contribution in [0.2, 0.25) is 0 Å². The predicted octanol–water partition coefficient (Wildman–Crippen LogP) is 3.01. The predicted molar refractivity (Wildman–Crippen MR) is 131 cm³/mol. The molecule has 1 aliphatic heterocycles. The fourth-order valence-electron chi connectivity index (χ4n) is 3.87. The number of hydrogen-bond acceptors (Lipinski definition) is 7. The Morgan fingerprint density at radius 3 is 2.29 bits per heavy atom. The number of ether oxygens (including phenoxy) is 1. The monoisotopic (exact) mass is 498 g/mol. The van der Waals surface area contributed by atoms with Gasteiger partial charge in [-0.3, -0.25) is 4.79 Å². The molecule has 1 aromatic carbocycles. The van der Waals surface area contributed by atoms with Crippen LogP contribution < -0.4 is 10.1 Å². The molecule has 1 aliphatic rings. The van der Waals surface area contributed by atoms with E-state index in [1.807, 2.05) is 26.8 Å². The highest BCUT2D eigenvalue weighted by Crippen LogP contribution is 2.28. The third kappa shape index (κ3) is 5.35. The molecule has 1 saturated heterocycles. The van der Waals surface area contributed by atoms with Gasteiger partial charge >= 0.3 is 0 Å². The van der Waals surface area contributed by atoms with Crippen molar-refractivity contribution in [2.45, 2.75) is 43.9 Å². The van der Waals surface area contributed by atoms with Gasteiger partial charge in [0.2, 0.25) is 15.9 Å². The van der Waals surface area contributed by atoms with E-state index in [0.29, 0.717) is 30.4 Å². The van der Waals surface area contributed by atoms with Gasteiger partial charge in [-0.2, -0.15) is 14.1 Å². The third-order valence-electron chi connectivity index (χ3n) is 5.99. The van der Waals surface area contributed by atoms with Gasteiger partial charge in [0.1, 0.15) is 11.6 Å². The zero-order valence-corrected chi connectivity index (χ0v) is 21.1. The van der Waals surface area contributed by atoms with E-state index >= 15 is 0 Å². The molecule has 0 radical (unpaired) electrons. The van der Waals surface area contributed by atoms with Crippen LogP contribution >= 0.6 is 0 Å². The summed E-state index contributed by atoms with van der Waals surface area (Å²) in [5.41, 5.74) is 0.557. The molecular formula is C24H30N6O4S. The summed E-state index contributed by atoms with van der Waals surface area (Å²) >= 11 is 0. The van der Waals surface area contributed by atoms with E-state index in [0.717, 1.165) is 5.69 Å². The largest absolute Gasteiger partial charge is 0.497 e. The topological polar surface area (TPSA) is 119 Å². The highest BCUT2D eigenvalue weighted by molar-refractivity contribution is 7.89. The molecule has 10 nitrogen and oxygen atoms in total. The lowest BCUT2D eigenvalue weighted by Gasteiger charge is -2.30. The van der Waals surface area contributed by atoms with Crippen LogP contribution in [0.25, 0.3) is 5.95 Å². The molecule has 0 unspecified atom stereocenters. The number of aromatic nitrogens is 4. The standard InChI is InChI=1S/C24H30N6O4S/c1-24(2,3)20-16-21(30(28-20)23-25-12-5-13-26-23)27-22(31)17-10-14-29(15-11-17)35(32,33)19-8-6-18(34-4)7-9-19/h5-9,12-13,16-17H,10-11,14-15H2,1-4H3,(H,27,31). The number of nitrogens with one attached hydrogen (secondary N) is 1. The molecule has 0 spiro atoms. The van der Waals surface area contributed by atoms with Crippen LogP contribution in [0.1, 0.15) is 39.3 Å². The fraction of sp³-hybridized carbons (Fsp3) is 0.417. The number of anilines is 1. The number of carbonyl (C=O) groups is 1. The number of rotatable bonds is 6. The van der Waals surface area contributed by atoms with E-state index in [9.17, 15) is 13.2 Å². The second-order valence-corrected chi connectivity index (χ2v) is 11.4. The first-order chi connectivity index (χ1) is 16.6. The van der Waals surface area contributed by atoms with Crippen molar-refractivity contribution in [3.05, 3.63) is 54.5 Å². The minimum absolute atomic E-state index is 0.177. The highest BCUT2D eigenvalue weighted by Gasteiger charge is 2.33. The molecule has 35 heavy (non-hydrogen) atoms. The maximum atomic E-state index is 13.1. The lowest BCUT2D eigenvalue weighted by atomic mass is 9.92. The Kier molecular flexibility index (Phi) is 6.91. The Morgan fingerprint density at radius 2 is 1.71 bits per heavy atom. The van der Waals surface area contributed by atoms with Crippen molar-refractivity contribution < 1.29 is 17.9 Å². The molecule has 0 saturated carbocycles. The van der Waals surface area contributed by atoms with Crippen molar-refractivity contribution in [3.8, 4) is 11.7 Å². The highest BCUT2D eigenvalue weighted by atomic mass is 32.2. The summed E-state index contributed by atoms with van der Waals surface area (Å²) < 4.78 is 34.1. The maximum Gasteiger partial charge on any atom is 0.252 e. The van der Waals surface area contributed by atoms with Crippen LogP contribution in [0.4, 0.5) is 5.82 Å². The minimum Gasteiger partial charge on any atom is -0.497 e. The SMILES string of the molecule is COc1ccc(S(=O)(=O)N2CCC(C(=O)Nc3cc(C(C)(C)C)nn3-c3ncccn3)CC2)cc1. The molecule has 3 heterocycles. The first-order valence-electron chi connectivity index (χ1n) is 11.4. The first kappa shape index (κ1) is 24.8. The number of carbonyl (C=O) groups excluding carboxylic acids is 1. The van der Waals surface area contributed by atoms with Crippen LogP contribution in [0, 0.1) is 5.92 Å². The summed E-state index contributed by atoms with van der Waals surface area (Å²) in [6.07, 6.45) is 4.07.